The van der Waals surface area contributed by atoms with E-state index in [1.165, 1.54) is 29.2 Å². The van der Waals surface area contributed by atoms with Crippen molar-refractivity contribution in [2.75, 3.05) is 6.54 Å². The zero-order valence-electron chi connectivity index (χ0n) is 19.8. The molecule has 2 aromatic carbocycles. The molecule has 0 spiro atoms. The van der Waals surface area contributed by atoms with Crippen molar-refractivity contribution in [2.24, 2.45) is 5.92 Å². The molecule has 0 bridgehead atoms. The van der Waals surface area contributed by atoms with Crippen LogP contribution in [0.1, 0.15) is 66.1 Å². The van der Waals surface area contributed by atoms with Crippen LogP contribution in [0.15, 0.2) is 47.4 Å². The first-order valence-corrected chi connectivity index (χ1v) is 13.8. The Morgan fingerprint density at radius 3 is 2.35 bits per heavy atom. The second-order valence-electron chi connectivity index (χ2n) is 9.99. The third-order valence-electron chi connectivity index (χ3n) is 7.24. The first kappa shape index (κ1) is 25.7. The van der Waals surface area contributed by atoms with Crippen LogP contribution in [-0.4, -0.2) is 43.0 Å². The van der Waals surface area contributed by atoms with Gasteiger partial charge in [0.05, 0.1) is 21.8 Å². The average molecular weight is 539 g/mol. The molecule has 6 nitrogen and oxygen atoms in total. The number of nitrogens with zero attached hydrogens (tertiary/aromatic N) is 1. The van der Waals surface area contributed by atoms with E-state index in [0.717, 1.165) is 12.1 Å². The fourth-order valence-corrected chi connectivity index (χ4v) is 6.61. The smallest absolute Gasteiger partial charge is 0.347 e. The quantitative estimate of drug-likeness (QED) is 0.520. The van der Waals surface area contributed by atoms with Gasteiger partial charge in [0.15, 0.2) is 9.84 Å². The van der Waals surface area contributed by atoms with Crippen molar-refractivity contribution in [3.63, 3.8) is 0 Å². The first-order chi connectivity index (χ1) is 17.5. The summed E-state index contributed by atoms with van der Waals surface area (Å²) in [5.41, 5.74) is -0.959. The summed E-state index contributed by atoms with van der Waals surface area (Å²) in [5, 5.41) is 2.36. The monoisotopic (exact) mass is 538 g/mol. The van der Waals surface area contributed by atoms with Gasteiger partial charge in [-0.2, -0.15) is 13.2 Å². The molecule has 1 unspecified atom stereocenters. The molecule has 5 rings (SSSR count). The van der Waals surface area contributed by atoms with Crippen LogP contribution < -0.4 is 5.32 Å². The van der Waals surface area contributed by atoms with Gasteiger partial charge in [-0.25, -0.2) is 12.8 Å². The van der Waals surface area contributed by atoms with E-state index < -0.39 is 56.5 Å². The number of carbonyl (C=O) groups is 2. The van der Waals surface area contributed by atoms with Gasteiger partial charge in [0.1, 0.15) is 11.9 Å². The summed E-state index contributed by atoms with van der Waals surface area (Å²) in [6.45, 7) is 0.291. The number of benzene rings is 2. The summed E-state index contributed by atoms with van der Waals surface area (Å²) in [6, 6.07) is 6.44. The summed E-state index contributed by atoms with van der Waals surface area (Å²) in [6.07, 6.45) is -1.19. The van der Waals surface area contributed by atoms with Gasteiger partial charge >= 0.3 is 6.18 Å². The van der Waals surface area contributed by atoms with E-state index in [0.29, 0.717) is 51.1 Å². The van der Waals surface area contributed by atoms with Gasteiger partial charge in [-0.3, -0.25) is 9.59 Å². The van der Waals surface area contributed by atoms with Gasteiger partial charge in [0.25, 0.3) is 5.91 Å². The van der Waals surface area contributed by atoms with Crippen molar-refractivity contribution < 1.29 is 35.6 Å². The van der Waals surface area contributed by atoms with E-state index in [4.69, 9.17) is 0 Å². The van der Waals surface area contributed by atoms with Crippen LogP contribution in [-0.2, 0) is 20.8 Å². The molecule has 11 heteroatoms. The Morgan fingerprint density at radius 2 is 1.73 bits per heavy atom. The molecule has 2 atom stereocenters. The Morgan fingerprint density at radius 1 is 1.00 bits per heavy atom. The van der Waals surface area contributed by atoms with Gasteiger partial charge in [-0.15, -0.1) is 0 Å². The second kappa shape index (κ2) is 9.41. The zero-order valence-corrected chi connectivity index (χ0v) is 20.6. The maximum Gasteiger partial charge on any atom is 0.416 e. The van der Waals surface area contributed by atoms with Crippen molar-refractivity contribution in [1.29, 1.82) is 0 Å². The first-order valence-electron chi connectivity index (χ1n) is 12.3. The van der Waals surface area contributed by atoms with Crippen LogP contribution in [0.25, 0.3) is 0 Å². The number of hydrogen-bond acceptors (Lipinski definition) is 4. The highest BCUT2D eigenvalue weighted by molar-refractivity contribution is 7.92. The van der Waals surface area contributed by atoms with Gasteiger partial charge in [-0.1, -0.05) is 12.1 Å². The van der Waals surface area contributed by atoms with Gasteiger partial charge in [0.2, 0.25) is 5.91 Å². The van der Waals surface area contributed by atoms with Gasteiger partial charge in [0, 0.05) is 17.7 Å². The molecule has 37 heavy (non-hydrogen) atoms. The Balaban J connectivity index is 1.34. The van der Waals surface area contributed by atoms with Crippen molar-refractivity contribution in [3.8, 4) is 0 Å². The SMILES string of the molecule is O=C(NC(c1ccc(C(F)(F)F)cc1F)C1CC1)[C@H]1CCCN1C(=O)c1cccc(S(=O)(=O)C2CC2)c1. The summed E-state index contributed by atoms with van der Waals surface area (Å²) in [4.78, 5) is 28.0. The lowest BCUT2D eigenvalue weighted by Crippen LogP contribution is -2.47. The van der Waals surface area contributed by atoms with E-state index in [1.807, 2.05) is 0 Å². The van der Waals surface area contributed by atoms with E-state index in [-0.39, 0.29) is 21.9 Å². The lowest BCUT2D eigenvalue weighted by Gasteiger charge is -2.27. The Kier molecular flexibility index (Phi) is 6.54. The zero-order chi connectivity index (χ0) is 26.5. The minimum atomic E-state index is -4.68. The number of sulfone groups is 1. The fourth-order valence-electron chi connectivity index (χ4n) is 4.91. The molecule has 1 N–H and O–H groups in total. The molecular weight excluding hydrogens is 512 g/mol. The largest absolute Gasteiger partial charge is 0.416 e. The summed E-state index contributed by atoms with van der Waals surface area (Å²) in [7, 11) is -3.50. The molecule has 2 saturated carbocycles. The van der Waals surface area contributed by atoms with Crippen molar-refractivity contribution in [3.05, 3.63) is 65.0 Å². The van der Waals surface area contributed by atoms with E-state index in [9.17, 15) is 35.6 Å². The summed E-state index contributed by atoms with van der Waals surface area (Å²) >= 11 is 0. The topological polar surface area (TPSA) is 83.6 Å². The highest BCUT2D eigenvalue weighted by atomic mass is 32.2. The van der Waals surface area contributed by atoms with E-state index in [1.54, 1.807) is 0 Å². The normalized spacial score (nSPS) is 21.1. The average Bonchev–Trinajstić information content (AvgIpc) is 3.79. The Labute approximate surface area is 212 Å². The molecule has 1 saturated heterocycles. The number of carbonyl (C=O) groups excluding carboxylic acids is 2. The third kappa shape index (κ3) is 5.23. The van der Waals surface area contributed by atoms with Crippen LogP contribution in [0, 0.1) is 11.7 Å². The molecule has 3 fully saturated rings. The highest BCUT2D eigenvalue weighted by Crippen LogP contribution is 2.43. The molecule has 1 aliphatic heterocycles. The molecule has 0 radical (unpaired) electrons. The number of halogens is 4. The second-order valence-corrected chi connectivity index (χ2v) is 12.2. The molecule has 2 amide bonds. The summed E-state index contributed by atoms with van der Waals surface area (Å²) in [5.74, 6) is -2.14. The minimum absolute atomic E-state index is 0.0160. The lowest BCUT2D eigenvalue weighted by molar-refractivity contribution is -0.137. The number of rotatable bonds is 7. The number of alkyl halides is 3. The van der Waals surface area contributed by atoms with E-state index in [2.05, 4.69) is 5.32 Å². The van der Waals surface area contributed by atoms with Crippen molar-refractivity contribution in [2.45, 2.75) is 66.9 Å². The predicted octanol–water partition coefficient (Wildman–Crippen LogP) is 4.65. The molecule has 3 aliphatic rings. The molecular formula is C26H26F4N2O4S. The molecule has 1 heterocycles. The van der Waals surface area contributed by atoms with Gasteiger partial charge < -0.3 is 10.2 Å². The Bertz CT molecular complexity index is 1340. The van der Waals surface area contributed by atoms with Crippen LogP contribution in [0.5, 0.6) is 0 Å². The maximum atomic E-state index is 14.7. The van der Waals surface area contributed by atoms with Crippen LogP contribution in [0.2, 0.25) is 0 Å². The third-order valence-corrected chi connectivity index (χ3v) is 9.50. The summed E-state index contributed by atoms with van der Waals surface area (Å²) < 4.78 is 78.8. The number of likely N-dealkylation sites (tertiary alicyclic amines) is 1. The minimum Gasteiger partial charge on any atom is -0.347 e. The molecule has 2 aliphatic carbocycles. The fraction of sp³-hybridized carbons (Fsp3) is 0.462. The van der Waals surface area contributed by atoms with E-state index >= 15 is 0 Å². The molecule has 0 aromatic heterocycles. The van der Waals surface area contributed by atoms with Crippen LogP contribution >= 0.6 is 0 Å². The lowest BCUT2D eigenvalue weighted by atomic mass is 9.99. The Hall–Kier alpha value is -2.95. The van der Waals surface area contributed by atoms with Crippen molar-refractivity contribution >= 4 is 21.7 Å². The standard InChI is InChI=1S/C26H26F4N2O4S/c27-21-14-17(26(28,29)30)8-11-20(21)23(15-6-7-15)31-24(33)22-5-2-12-32(22)25(34)16-3-1-4-19(13-16)37(35,36)18-9-10-18/h1,3-4,8,11,13-15,18,22-23H,2,5-7,9-10,12H2,(H,31,33)/t22-,23?/m1/s1. The van der Waals surface area contributed by atoms with Gasteiger partial charge in [-0.05, 0) is 74.8 Å². The van der Waals surface area contributed by atoms with Crippen LogP contribution in [0.4, 0.5) is 17.6 Å². The van der Waals surface area contributed by atoms with Crippen molar-refractivity contribution in [1.82, 2.24) is 10.2 Å². The van der Waals surface area contributed by atoms with Crippen LogP contribution in [0.3, 0.4) is 0 Å². The predicted molar refractivity (Wildman–Crippen MR) is 126 cm³/mol. The maximum absolute atomic E-state index is 14.7. The molecule has 198 valence electrons. The number of amides is 2. The number of nitrogens with one attached hydrogen (secondary N) is 1. The molecule has 2 aromatic rings. The highest BCUT2D eigenvalue weighted by Gasteiger charge is 2.41. The number of hydrogen-bond donors (Lipinski definition) is 1.